The fourth-order valence-electron chi connectivity index (χ4n) is 1.71. The van der Waals surface area contributed by atoms with Crippen molar-refractivity contribution >= 4 is 0 Å². The van der Waals surface area contributed by atoms with E-state index in [9.17, 15) is 5.11 Å². The molecule has 1 N–H and O–H groups in total. The second kappa shape index (κ2) is 6.21. The fraction of sp³-hybridized carbons (Fsp3) is 0.357. The molecule has 18 heavy (non-hydrogen) atoms. The third-order valence-corrected chi connectivity index (χ3v) is 2.83. The Labute approximate surface area is 107 Å². The molecular formula is C14H18N2O2. The quantitative estimate of drug-likeness (QED) is 0.851. The number of rotatable bonds is 6. The van der Waals surface area contributed by atoms with Crippen LogP contribution in [0.5, 0.6) is 5.75 Å². The molecule has 96 valence electrons. The van der Waals surface area contributed by atoms with Crippen LogP contribution in [0, 0.1) is 0 Å². The summed E-state index contributed by atoms with van der Waals surface area (Å²) in [5, 5.41) is 9.67. The number of imidazole rings is 1. The molecule has 0 saturated heterocycles. The zero-order valence-electron chi connectivity index (χ0n) is 10.5. The molecule has 0 saturated carbocycles. The van der Waals surface area contributed by atoms with E-state index in [1.54, 1.807) is 12.5 Å². The summed E-state index contributed by atoms with van der Waals surface area (Å²) in [4.78, 5) is 3.97. The predicted octanol–water partition coefficient (Wildman–Crippen LogP) is 2.41. The molecule has 1 atom stereocenters. The fourth-order valence-corrected chi connectivity index (χ4v) is 1.71. The molecule has 4 nitrogen and oxygen atoms in total. The summed E-state index contributed by atoms with van der Waals surface area (Å²) in [6.07, 6.45) is 5.76. The monoisotopic (exact) mass is 246 g/mol. The van der Waals surface area contributed by atoms with Gasteiger partial charge in [0.05, 0.1) is 19.0 Å². The first-order valence-corrected chi connectivity index (χ1v) is 6.16. The van der Waals surface area contributed by atoms with Gasteiger partial charge in [-0.3, -0.25) is 0 Å². The van der Waals surface area contributed by atoms with E-state index < -0.39 is 0 Å². The highest BCUT2D eigenvalue weighted by Gasteiger charge is 2.04. The second-order valence-corrected chi connectivity index (χ2v) is 4.14. The minimum absolute atomic E-state index is 0.384. The molecule has 0 aliphatic heterocycles. The maximum absolute atomic E-state index is 9.67. The second-order valence-electron chi connectivity index (χ2n) is 4.14. The van der Waals surface area contributed by atoms with Crippen molar-refractivity contribution in [1.82, 2.24) is 9.55 Å². The average molecular weight is 246 g/mol. The number of aromatic nitrogens is 2. The van der Waals surface area contributed by atoms with Crippen molar-refractivity contribution in [3.63, 3.8) is 0 Å². The number of aliphatic hydroxyl groups excluding tert-OH is 1. The first kappa shape index (κ1) is 12.6. The Morgan fingerprint density at radius 3 is 2.72 bits per heavy atom. The van der Waals surface area contributed by atoms with Crippen molar-refractivity contribution in [2.24, 2.45) is 0 Å². The van der Waals surface area contributed by atoms with Crippen LogP contribution in [0.2, 0.25) is 0 Å². The van der Waals surface area contributed by atoms with Crippen LogP contribution < -0.4 is 4.74 Å². The minimum atomic E-state index is -0.384. The largest absolute Gasteiger partial charge is 0.492 e. The lowest BCUT2D eigenvalue weighted by Gasteiger charge is -2.10. The maximum Gasteiger partial charge on any atom is 0.119 e. The molecule has 0 bridgehead atoms. The van der Waals surface area contributed by atoms with E-state index in [4.69, 9.17) is 4.74 Å². The van der Waals surface area contributed by atoms with E-state index in [1.807, 2.05) is 42.0 Å². The Morgan fingerprint density at radius 2 is 2.11 bits per heavy atom. The van der Waals surface area contributed by atoms with E-state index >= 15 is 0 Å². The summed E-state index contributed by atoms with van der Waals surface area (Å²) in [5.74, 6) is 0.821. The number of aliphatic hydroxyl groups is 1. The average Bonchev–Trinajstić information content (AvgIpc) is 2.92. The molecule has 0 aliphatic carbocycles. The van der Waals surface area contributed by atoms with Gasteiger partial charge < -0.3 is 14.4 Å². The molecular weight excluding hydrogens is 228 g/mol. The van der Waals surface area contributed by atoms with Gasteiger partial charge in [0, 0.05) is 12.4 Å². The van der Waals surface area contributed by atoms with Gasteiger partial charge in [-0.2, -0.15) is 0 Å². The van der Waals surface area contributed by atoms with Crippen LogP contribution >= 0.6 is 0 Å². The maximum atomic E-state index is 9.67. The van der Waals surface area contributed by atoms with Gasteiger partial charge >= 0.3 is 0 Å². The lowest BCUT2D eigenvalue weighted by molar-refractivity contribution is 0.173. The number of benzene rings is 1. The Hall–Kier alpha value is -1.81. The van der Waals surface area contributed by atoms with Crippen molar-refractivity contribution in [2.45, 2.75) is 26.0 Å². The van der Waals surface area contributed by atoms with Crippen LogP contribution in [0.25, 0.3) is 0 Å². The molecule has 4 heteroatoms. The minimum Gasteiger partial charge on any atom is -0.492 e. The van der Waals surface area contributed by atoms with Crippen LogP contribution in [0.4, 0.5) is 0 Å². The molecule has 0 unspecified atom stereocenters. The molecule has 0 radical (unpaired) electrons. The van der Waals surface area contributed by atoms with E-state index in [0.29, 0.717) is 6.61 Å². The molecule has 0 fully saturated rings. The highest BCUT2D eigenvalue weighted by atomic mass is 16.5. The van der Waals surface area contributed by atoms with Gasteiger partial charge in [0.1, 0.15) is 12.4 Å². The number of hydrogen-bond acceptors (Lipinski definition) is 3. The van der Waals surface area contributed by atoms with Gasteiger partial charge in [0.15, 0.2) is 0 Å². The summed E-state index contributed by atoms with van der Waals surface area (Å²) in [6, 6.07) is 7.59. The van der Waals surface area contributed by atoms with Gasteiger partial charge in [0.25, 0.3) is 0 Å². The lowest BCUT2D eigenvalue weighted by Crippen LogP contribution is -2.06. The Kier molecular flexibility index (Phi) is 4.36. The SMILES string of the molecule is CC[C@H](O)c1ccc(OCCn2ccnc2)cc1. The van der Waals surface area contributed by atoms with Crippen molar-refractivity contribution < 1.29 is 9.84 Å². The zero-order chi connectivity index (χ0) is 12.8. The summed E-state index contributed by atoms with van der Waals surface area (Å²) >= 11 is 0. The molecule has 0 aliphatic rings. The summed E-state index contributed by atoms with van der Waals surface area (Å²) in [6.45, 7) is 3.34. The molecule has 2 aromatic rings. The van der Waals surface area contributed by atoms with Crippen LogP contribution in [-0.2, 0) is 6.54 Å². The topological polar surface area (TPSA) is 47.3 Å². The summed E-state index contributed by atoms with van der Waals surface area (Å²) in [7, 11) is 0. The van der Waals surface area contributed by atoms with E-state index in [0.717, 1.165) is 24.3 Å². The Bertz CT molecular complexity index is 451. The molecule has 0 amide bonds. The van der Waals surface area contributed by atoms with Crippen molar-refractivity contribution in [3.8, 4) is 5.75 Å². The third kappa shape index (κ3) is 3.34. The highest BCUT2D eigenvalue weighted by Crippen LogP contribution is 2.19. The van der Waals surface area contributed by atoms with E-state index in [2.05, 4.69) is 4.98 Å². The normalized spacial score (nSPS) is 12.3. The first-order valence-electron chi connectivity index (χ1n) is 6.16. The predicted molar refractivity (Wildman–Crippen MR) is 69.4 cm³/mol. The van der Waals surface area contributed by atoms with Crippen LogP contribution in [0.15, 0.2) is 43.0 Å². The van der Waals surface area contributed by atoms with Crippen LogP contribution in [0.3, 0.4) is 0 Å². The molecule has 1 aromatic heterocycles. The summed E-state index contributed by atoms with van der Waals surface area (Å²) < 4.78 is 7.58. The van der Waals surface area contributed by atoms with Crippen molar-refractivity contribution in [2.75, 3.05) is 6.61 Å². The Morgan fingerprint density at radius 1 is 1.33 bits per heavy atom. The lowest BCUT2D eigenvalue weighted by atomic mass is 10.1. The Balaban J connectivity index is 1.83. The third-order valence-electron chi connectivity index (χ3n) is 2.83. The highest BCUT2D eigenvalue weighted by molar-refractivity contribution is 5.28. The van der Waals surface area contributed by atoms with Gasteiger partial charge in [-0.1, -0.05) is 19.1 Å². The molecule has 2 rings (SSSR count). The molecule has 1 heterocycles. The first-order chi connectivity index (χ1) is 8.79. The van der Waals surface area contributed by atoms with Crippen molar-refractivity contribution in [3.05, 3.63) is 48.5 Å². The molecule has 0 spiro atoms. The van der Waals surface area contributed by atoms with Crippen LogP contribution in [0.1, 0.15) is 25.0 Å². The smallest absolute Gasteiger partial charge is 0.119 e. The number of ether oxygens (including phenoxy) is 1. The van der Waals surface area contributed by atoms with Gasteiger partial charge in [-0.05, 0) is 24.1 Å². The van der Waals surface area contributed by atoms with Gasteiger partial charge in [-0.15, -0.1) is 0 Å². The zero-order valence-corrected chi connectivity index (χ0v) is 10.5. The number of nitrogens with zero attached hydrogens (tertiary/aromatic N) is 2. The van der Waals surface area contributed by atoms with E-state index in [1.165, 1.54) is 0 Å². The van der Waals surface area contributed by atoms with E-state index in [-0.39, 0.29) is 6.10 Å². The number of hydrogen-bond donors (Lipinski definition) is 1. The van der Waals surface area contributed by atoms with Gasteiger partial charge in [-0.25, -0.2) is 4.98 Å². The van der Waals surface area contributed by atoms with Gasteiger partial charge in [0.2, 0.25) is 0 Å². The van der Waals surface area contributed by atoms with Crippen molar-refractivity contribution in [1.29, 1.82) is 0 Å². The molecule has 1 aromatic carbocycles. The van der Waals surface area contributed by atoms with Crippen LogP contribution in [-0.4, -0.2) is 21.3 Å². The summed E-state index contributed by atoms with van der Waals surface area (Å²) in [5.41, 5.74) is 0.930. The standard InChI is InChI=1S/C14H18N2O2/c1-2-14(17)12-3-5-13(6-4-12)18-10-9-16-8-7-15-11-16/h3-8,11,14,17H,2,9-10H2,1H3/t14-/m0/s1.